The summed E-state index contributed by atoms with van der Waals surface area (Å²) in [6, 6.07) is 5.37. The highest BCUT2D eigenvalue weighted by molar-refractivity contribution is 9.10. The molecule has 0 atom stereocenters. The van der Waals surface area contributed by atoms with Crippen LogP contribution >= 0.6 is 15.9 Å². The Hall–Kier alpha value is -0.900. The summed E-state index contributed by atoms with van der Waals surface area (Å²) in [6.07, 6.45) is 0.954. The molecule has 1 aromatic carbocycles. The van der Waals surface area contributed by atoms with Gasteiger partial charge in [0.1, 0.15) is 6.67 Å². The van der Waals surface area contributed by atoms with Gasteiger partial charge in [0.2, 0.25) is 0 Å². The van der Waals surface area contributed by atoms with Gasteiger partial charge >= 0.3 is 5.97 Å². The van der Waals surface area contributed by atoms with Gasteiger partial charge in [0.05, 0.1) is 7.11 Å². The van der Waals surface area contributed by atoms with Crippen molar-refractivity contribution in [2.75, 3.05) is 7.11 Å². The Kier molecular flexibility index (Phi) is 4.75. The van der Waals surface area contributed by atoms with E-state index >= 15 is 0 Å². The molecule has 2 nitrogen and oxygen atoms in total. The molecular weight excluding hydrogens is 263 g/mol. The highest BCUT2D eigenvalue weighted by Crippen LogP contribution is 2.20. The Balaban J connectivity index is 2.63. The maximum atomic E-state index is 12.4. The van der Waals surface area contributed by atoms with Crippen molar-refractivity contribution in [3.8, 4) is 0 Å². The Labute approximate surface area is 96.6 Å². The molecule has 0 aliphatic carbocycles. The second-order valence-electron chi connectivity index (χ2n) is 3.14. The van der Waals surface area contributed by atoms with E-state index < -0.39 is 6.67 Å². The lowest BCUT2D eigenvalue weighted by Gasteiger charge is -2.04. The first-order valence-corrected chi connectivity index (χ1v) is 5.36. The monoisotopic (exact) mass is 274 g/mol. The van der Waals surface area contributed by atoms with Gasteiger partial charge in [-0.05, 0) is 23.6 Å². The van der Waals surface area contributed by atoms with Crippen molar-refractivity contribution >= 4 is 21.9 Å². The van der Waals surface area contributed by atoms with Gasteiger partial charge < -0.3 is 4.74 Å². The lowest BCUT2D eigenvalue weighted by molar-refractivity contribution is -0.140. The van der Waals surface area contributed by atoms with Crippen LogP contribution in [0.25, 0.3) is 0 Å². The number of aryl methyl sites for hydroxylation is 1. The van der Waals surface area contributed by atoms with Gasteiger partial charge in [-0.2, -0.15) is 0 Å². The fourth-order valence-corrected chi connectivity index (χ4v) is 1.74. The number of benzene rings is 1. The molecule has 1 aromatic rings. The van der Waals surface area contributed by atoms with Crippen LogP contribution in [0.15, 0.2) is 22.7 Å². The van der Waals surface area contributed by atoms with Crippen LogP contribution in [0, 0.1) is 0 Å². The molecule has 0 aliphatic rings. The van der Waals surface area contributed by atoms with Crippen LogP contribution in [0.3, 0.4) is 0 Å². The van der Waals surface area contributed by atoms with Crippen LogP contribution in [0.5, 0.6) is 0 Å². The van der Waals surface area contributed by atoms with Gasteiger partial charge in [0.15, 0.2) is 0 Å². The third-order valence-electron chi connectivity index (χ3n) is 2.11. The summed E-state index contributed by atoms with van der Waals surface area (Å²) in [5.41, 5.74) is 1.61. The number of halogens is 2. The van der Waals surface area contributed by atoms with Crippen molar-refractivity contribution in [3.63, 3.8) is 0 Å². The van der Waals surface area contributed by atoms with Gasteiger partial charge in [-0.15, -0.1) is 0 Å². The van der Waals surface area contributed by atoms with E-state index in [0.29, 0.717) is 18.4 Å². The molecule has 1 rings (SSSR count). The summed E-state index contributed by atoms with van der Waals surface area (Å²) in [5, 5.41) is 0. The number of alkyl halides is 1. The molecule has 15 heavy (non-hydrogen) atoms. The zero-order valence-corrected chi connectivity index (χ0v) is 10.0. The summed E-state index contributed by atoms with van der Waals surface area (Å²) in [7, 11) is 1.37. The van der Waals surface area contributed by atoms with Gasteiger partial charge in [0, 0.05) is 10.9 Å². The Morgan fingerprint density at radius 1 is 1.53 bits per heavy atom. The highest BCUT2D eigenvalue weighted by Gasteiger charge is 2.04. The van der Waals surface area contributed by atoms with E-state index in [9.17, 15) is 9.18 Å². The van der Waals surface area contributed by atoms with Gasteiger partial charge in [-0.3, -0.25) is 4.79 Å². The fraction of sp³-hybridized carbons (Fsp3) is 0.364. The number of hydrogen-bond acceptors (Lipinski definition) is 2. The minimum Gasteiger partial charge on any atom is -0.469 e. The van der Waals surface area contributed by atoms with Crippen molar-refractivity contribution < 1.29 is 13.9 Å². The molecule has 4 heteroatoms. The highest BCUT2D eigenvalue weighted by atomic mass is 79.9. The zero-order chi connectivity index (χ0) is 11.3. The van der Waals surface area contributed by atoms with Crippen LogP contribution in [-0.4, -0.2) is 13.1 Å². The smallest absolute Gasteiger partial charge is 0.305 e. The normalized spacial score (nSPS) is 10.1. The average molecular weight is 275 g/mol. The van der Waals surface area contributed by atoms with Crippen molar-refractivity contribution in [1.29, 1.82) is 0 Å². The number of carbonyl (C=O) groups excluding carboxylic acids is 1. The molecule has 0 N–H and O–H groups in total. The Bertz CT molecular complexity index is 352. The number of esters is 1. The van der Waals surface area contributed by atoms with E-state index in [0.717, 1.165) is 10.0 Å². The Morgan fingerprint density at radius 2 is 2.27 bits per heavy atom. The molecular formula is C11H12BrFO2. The molecule has 0 aliphatic heterocycles. The van der Waals surface area contributed by atoms with Crippen LogP contribution in [0.2, 0.25) is 0 Å². The van der Waals surface area contributed by atoms with Gasteiger partial charge in [-0.1, -0.05) is 28.1 Å². The first-order chi connectivity index (χ1) is 7.17. The molecule has 0 saturated carbocycles. The number of carbonyl (C=O) groups is 1. The van der Waals surface area contributed by atoms with Crippen LogP contribution < -0.4 is 0 Å². The lowest BCUT2D eigenvalue weighted by Crippen LogP contribution is -2.02. The maximum absolute atomic E-state index is 12.4. The average Bonchev–Trinajstić information content (AvgIpc) is 2.26. The molecule has 0 saturated heterocycles. The maximum Gasteiger partial charge on any atom is 0.305 e. The van der Waals surface area contributed by atoms with Crippen molar-refractivity contribution in [1.82, 2.24) is 0 Å². The van der Waals surface area contributed by atoms with Crippen LogP contribution in [-0.2, 0) is 22.6 Å². The van der Waals surface area contributed by atoms with E-state index in [1.54, 1.807) is 6.07 Å². The van der Waals surface area contributed by atoms with E-state index in [1.165, 1.54) is 7.11 Å². The predicted molar refractivity (Wildman–Crippen MR) is 59.3 cm³/mol. The third kappa shape index (κ3) is 3.63. The quantitative estimate of drug-likeness (QED) is 0.789. The molecule has 0 unspecified atom stereocenters. The first-order valence-electron chi connectivity index (χ1n) is 4.57. The topological polar surface area (TPSA) is 26.3 Å². The minimum atomic E-state index is -0.488. The summed E-state index contributed by atoms with van der Waals surface area (Å²) >= 11 is 3.28. The van der Waals surface area contributed by atoms with Crippen molar-refractivity contribution in [2.45, 2.75) is 19.5 Å². The molecule has 0 radical (unpaired) electrons. The molecule has 0 heterocycles. The summed E-state index contributed by atoms with van der Waals surface area (Å²) < 4.78 is 17.7. The van der Waals surface area contributed by atoms with Crippen molar-refractivity contribution in [2.24, 2.45) is 0 Å². The van der Waals surface area contributed by atoms with Crippen LogP contribution in [0.4, 0.5) is 4.39 Å². The summed E-state index contributed by atoms with van der Waals surface area (Å²) in [4.78, 5) is 10.9. The molecule has 0 fully saturated rings. The number of ether oxygens (including phenoxy) is 1. The molecule has 0 amide bonds. The Morgan fingerprint density at radius 3 is 2.80 bits per heavy atom. The molecule has 82 valence electrons. The summed E-state index contributed by atoms with van der Waals surface area (Å²) in [5.74, 6) is -0.235. The third-order valence-corrected chi connectivity index (χ3v) is 2.85. The van der Waals surface area contributed by atoms with E-state index in [1.807, 2.05) is 12.1 Å². The largest absolute Gasteiger partial charge is 0.469 e. The molecule has 0 bridgehead atoms. The minimum absolute atomic E-state index is 0.235. The molecule has 0 aromatic heterocycles. The van der Waals surface area contributed by atoms with E-state index in [-0.39, 0.29) is 5.97 Å². The van der Waals surface area contributed by atoms with Crippen LogP contribution in [0.1, 0.15) is 17.5 Å². The fourth-order valence-electron chi connectivity index (χ4n) is 1.20. The number of rotatable bonds is 4. The lowest BCUT2D eigenvalue weighted by atomic mass is 10.1. The SMILES string of the molecule is COC(=O)CCc1ccc(CF)c(Br)c1. The standard InChI is InChI=1S/C11H12BrFO2/c1-15-11(14)5-3-8-2-4-9(7-13)10(12)6-8/h2,4,6H,3,5,7H2,1H3. The van der Waals surface area contributed by atoms with Crippen molar-refractivity contribution in [3.05, 3.63) is 33.8 Å². The van der Waals surface area contributed by atoms with Gasteiger partial charge in [0.25, 0.3) is 0 Å². The second kappa shape index (κ2) is 5.85. The van der Waals surface area contributed by atoms with E-state index in [4.69, 9.17) is 0 Å². The first kappa shape index (κ1) is 12.2. The predicted octanol–water partition coefficient (Wildman–Crippen LogP) is 3.02. The second-order valence-corrected chi connectivity index (χ2v) is 3.99. The zero-order valence-electron chi connectivity index (χ0n) is 8.43. The number of hydrogen-bond donors (Lipinski definition) is 0. The van der Waals surface area contributed by atoms with Gasteiger partial charge in [-0.25, -0.2) is 4.39 Å². The molecule has 0 spiro atoms. The summed E-state index contributed by atoms with van der Waals surface area (Å²) in [6.45, 7) is -0.488. The number of methoxy groups -OCH3 is 1. The van der Waals surface area contributed by atoms with E-state index in [2.05, 4.69) is 20.7 Å².